The van der Waals surface area contributed by atoms with Gasteiger partial charge in [-0.1, -0.05) is 29.8 Å². The molecule has 0 heterocycles. The fourth-order valence-electron chi connectivity index (χ4n) is 1.08. The first-order chi connectivity index (χ1) is 5.77. The lowest BCUT2D eigenvalue weighted by Crippen LogP contribution is -2.05. The zero-order valence-corrected chi connectivity index (χ0v) is 7.88. The zero-order chi connectivity index (χ0) is 8.97. The Kier molecular flexibility index (Phi) is 3.57. The van der Waals surface area contributed by atoms with Gasteiger partial charge in [0.25, 0.3) is 0 Å². The van der Waals surface area contributed by atoms with E-state index in [1.54, 1.807) is 0 Å². The second-order valence-corrected chi connectivity index (χ2v) is 3.25. The van der Waals surface area contributed by atoms with E-state index >= 15 is 0 Å². The molecule has 0 unspecified atom stereocenters. The van der Waals surface area contributed by atoms with Crippen LogP contribution in [0, 0.1) is 6.92 Å². The summed E-state index contributed by atoms with van der Waals surface area (Å²) < 4.78 is 0. The van der Waals surface area contributed by atoms with Crippen molar-refractivity contribution in [2.45, 2.75) is 12.8 Å². The average Bonchev–Trinajstić information content (AvgIpc) is 2.10. The highest BCUT2D eigenvalue weighted by atomic mass is 35.5. The lowest BCUT2D eigenvalue weighted by Gasteiger charge is -2.10. The van der Waals surface area contributed by atoms with Gasteiger partial charge in [-0.2, -0.15) is 0 Å². The van der Waals surface area contributed by atoms with E-state index in [0.29, 0.717) is 5.88 Å². The van der Waals surface area contributed by atoms with Gasteiger partial charge in [-0.15, -0.1) is 11.6 Å². The standard InChI is InChI=1S/C10H13ClO/c1-8-2-4-9(5-3-8)10(6-11)7-12/h2-5,10,12H,6-7H2,1H3/t10-/m0/s1. The highest BCUT2D eigenvalue weighted by molar-refractivity contribution is 6.18. The highest BCUT2D eigenvalue weighted by Crippen LogP contribution is 2.16. The summed E-state index contributed by atoms with van der Waals surface area (Å²) in [6.45, 7) is 2.16. The lowest BCUT2D eigenvalue weighted by atomic mass is 10.0. The van der Waals surface area contributed by atoms with Gasteiger partial charge in [-0.05, 0) is 12.5 Å². The minimum atomic E-state index is 0.0762. The molecule has 0 fully saturated rings. The van der Waals surface area contributed by atoms with Crippen molar-refractivity contribution in [3.05, 3.63) is 35.4 Å². The van der Waals surface area contributed by atoms with Gasteiger partial charge in [-0.25, -0.2) is 0 Å². The molecule has 0 radical (unpaired) electrons. The molecular weight excluding hydrogens is 172 g/mol. The van der Waals surface area contributed by atoms with Crippen molar-refractivity contribution in [1.82, 2.24) is 0 Å². The number of benzene rings is 1. The number of hydrogen-bond donors (Lipinski definition) is 1. The van der Waals surface area contributed by atoms with E-state index in [9.17, 15) is 0 Å². The van der Waals surface area contributed by atoms with Crippen LogP contribution in [0.25, 0.3) is 0 Å². The predicted octanol–water partition coefficient (Wildman–Crippen LogP) is 2.31. The molecule has 0 aromatic heterocycles. The molecule has 1 nitrogen and oxygen atoms in total. The first-order valence-corrected chi connectivity index (χ1v) is 4.54. The van der Waals surface area contributed by atoms with Crippen molar-refractivity contribution in [2.75, 3.05) is 12.5 Å². The maximum Gasteiger partial charge on any atom is 0.0511 e. The fraction of sp³-hybridized carbons (Fsp3) is 0.400. The van der Waals surface area contributed by atoms with Crippen LogP contribution in [-0.4, -0.2) is 17.6 Å². The topological polar surface area (TPSA) is 20.2 Å². The predicted molar refractivity (Wildman–Crippen MR) is 51.7 cm³/mol. The van der Waals surface area contributed by atoms with E-state index in [4.69, 9.17) is 16.7 Å². The van der Waals surface area contributed by atoms with Gasteiger partial charge in [0.2, 0.25) is 0 Å². The Bertz CT molecular complexity index is 226. The van der Waals surface area contributed by atoms with Crippen molar-refractivity contribution >= 4 is 11.6 Å². The van der Waals surface area contributed by atoms with Crippen molar-refractivity contribution in [3.8, 4) is 0 Å². The minimum Gasteiger partial charge on any atom is -0.396 e. The summed E-state index contributed by atoms with van der Waals surface area (Å²) >= 11 is 5.68. The SMILES string of the molecule is Cc1ccc([C@H](CO)CCl)cc1. The van der Waals surface area contributed by atoms with Crippen LogP contribution < -0.4 is 0 Å². The largest absolute Gasteiger partial charge is 0.396 e. The normalized spacial score (nSPS) is 12.9. The summed E-state index contributed by atoms with van der Waals surface area (Å²) in [5, 5.41) is 8.96. The second kappa shape index (κ2) is 4.48. The third-order valence-corrected chi connectivity index (χ3v) is 2.33. The third kappa shape index (κ3) is 2.23. The second-order valence-electron chi connectivity index (χ2n) is 2.94. The molecule has 0 aliphatic heterocycles. The highest BCUT2D eigenvalue weighted by Gasteiger charge is 2.07. The molecule has 0 aliphatic rings. The summed E-state index contributed by atoms with van der Waals surface area (Å²) in [6, 6.07) is 8.09. The van der Waals surface area contributed by atoms with Crippen LogP contribution in [0.2, 0.25) is 0 Å². The number of halogens is 1. The van der Waals surface area contributed by atoms with E-state index in [-0.39, 0.29) is 12.5 Å². The molecule has 1 atom stereocenters. The van der Waals surface area contributed by atoms with E-state index in [1.807, 2.05) is 31.2 Å². The summed E-state index contributed by atoms with van der Waals surface area (Å²) in [7, 11) is 0. The van der Waals surface area contributed by atoms with Crippen molar-refractivity contribution in [1.29, 1.82) is 0 Å². The van der Waals surface area contributed by atoms with Gasteiger partial charge in [0, 0.05) is 11.8 Å². The number of hydrogen-bond acceptors (Lipinski definition) is 1. The molecule has 0 amide bonds. The molecular formula is C10H13ClO. The average molecular weight is 185 g/mol. The first kappa shape index (κ1) is 9.56. The lowest BCUT2D eigenvalue weighted by molar-refractivity contribution is 0.274. The number of alkyl halides is 1. The summed E-state index contributed by atoms with van der Waals surface area (Å²) in [5.41, 5.74) is 2.34. The smallest absolute Gasteiger partial charge is 0.0511 e. The maximum atomic E-state index is 8.96. The van der Waals surface area contributed by atoms with Crippen LogP contribution in [0.3, 0.4) is 0 Å². The van der Waals surface area contributed by atoms with Crippen LogP contribution >= 0.6 is 11.6 Å². The molecule has 0 spiro atoms. The van der Waals surface area contributed by atoms with Crippen LogP contribution in [0.1, 0.15) is 17.0 Å². The van der Waals surface area contributed by atoms with E-state index in [1.165, 1.54) is 5.56 Å². The Hall–Kier alpha value is -0.530. The van der Waals surface area contributed by atoms with Crippen LogP contribution in [0.4, 0.5) is 0 Å². The Labute approximate surface area is 78.0 Å². The number of aliphatic hydroxyl groups is 1. The molecule has 0 aliphatic carbocycles. The molecule has 1 aromatic rings. The first-order valence-electron chi connectivity index (χ1n) is 4.01. The van der Waals surface area contributed by atoms with Crippen LogP contribution in [0.15, 0.2) is 24.3 Å². The van der Waals surface area contributed by atoms with Gasteiger partial charge in [0.05, 0.1) is 6.61 Å². The van der Waals surface area contributed by atoms with Crippen molar-refractivity contribution in [2.24, 2.45) is 0 Å². The molecule has 12 heavy (non-hydrogen) atoms. The van der Waals surface area contributed by atoms with Gasteiger partial charge in [-0.3, -0.25) is 0 Å². The molecule has 66 valence electrons. The quantitative estimate of drug-likeness (QED) is 0.715. The van der Waals surface area contributed by atoms with Gasteiger partial charge in [0.15, 0.2) is 0 Å². The Balaban J connectivity index is 2.80. The summed E-state index contributed by atoms with van der Waals surface area (Å²) in [5.74, 6) is 0.548. The molecule has 1 N–H and O–H groups in total. The Morgan fingerprint density at radius 1 is 1.33 bits per heavy atom. The summed E-state index contributed by atoms with van der Waals surface area (Å²) in [6.07, 6.45) is 0. The molecule has 1 aromatic carbocycles. The van der Waals surface area contributed by atoms with Crippen molar-refractivity contribution in [3.63, 3.8) is 0 Å². The monoisotopic (exact) mass is 184 g/mol. The maximum absolute atomic E-state index is 8.96. The van der Waals surface area contributed by atoms with Crippen LogP contribution in [0.5, 0.6) is 0 Å². The zero-order valence-electron chi connectivity index (χ0n) is 7.13. The van der Waals surface area contributed by atoms with E-state index < -0.39 is 0 Å². The van der Waals surface area contributed by atoms with Gasteiger partial charge in [0.1, 0.15) is 0 Å². The van der Waals surface area contributed by atoms with Gasteiger partial charge >= 0.3 is 0 Å². The Morgan fingerprint density at radius 2 is 1.92 bits per heavy atom. The molecule has 0 bridgehead atoms. The van der Waals surface area contributed by atoms with E-state index in [2.05, 4.69) is 0 Å². The van der Waals surface area contributed by atoms with Crippen molar-refractivity contribution < 1.29 is 5.11 Å². The number of aliphatic hydroxyl groups excluding tert-OH is 1. The summed E-state index contributed by atoms with van der Waals surface area (Å²) in [4.78, 5) is 0. The van der Waals surface area contributed by atoms with Crippen LogP contribution in [-0.2, 0) is 0 Å². The molecule has 2 heteroatoms. The van der Waals surface area contributed by atoms with Gasteiger partial charge < -0.3 is 5.11 Å². The molecule has 0 saturated heterocycles. The minimum absolute atomic E-state index is 0.0762. The van der Waals surface area contributed by atoms with E-state index in [0.717, 1.165) is 5.56 Å². The number of aryl methyl sites for hydroxylation is 1. The Morgan fingerprint density at radius 3 is 2.33 bits per heavy atom. The number of rotatable bonds is 3. The third-order valence-electron chi connectivity index (χ3n) is 1.96. The molecule has 1 rings (SSSR count). The molecule has 0 saturated carbocycles. The fourth-order valence-corrected chi connectivity index (χ4v) is 1.36.